The number of carbonyl (C=O) groups is 1. The molecule has 31 heavy (non-hydrogen) atoms. The Balaban J connectivity index is 1.43. The first-order valence-corrected chi connectivity index (χ1v) is 11.7. The number of pyridine rings is 1. The molecular formula is C26H35N2O3+. The summed E-state index contributed by atoms with van der Waals surface area (Å²) in [6, 6.07) is 15.7. The van der Waals surface area contributed by atoms with E-state index in [4.69, 9.17) is 4.74 Å². The second-order valence-electron chi connectivity index (χ2n) is 9.51. The zero-order valence-electron chi connectivity index (χ0n) is 18.6. The molecule has 0 bridgehead atoms. The second kappa shape index (κ2) is 9.49. The fourth-order valence-electron chi connectivity index (χ4n) is 5.49. The number of nitrogens with zero attached hydrogens (tertiary/aromatic N) is 2. The maximum Gasteiger partial charge on any atom is 0.343 e. The summed E-state index contributed by atoms with van der Waals surface area (Å²) in [5.74, 6) is -0.551. The third-order valence-electron chi connectivity index (χ3n) is 7.57. The van der Waals surface area contributed by atoms with Crippen LogP contribution in [-0.2, 0) is 21.6 Å². The van der Waals surface area contributed by atoms with Crippen LogP contribution in [0.15, 0.2) is 54.7 Å². The second-order valence-corrected chi connectivity index (χ2v) is 9.51. The van der Waals surface area contributed by atoms with Gasteiger partial charge >= 0.3 is 5.97 Å². The van der Waals surface area contributed by atoms with Crippen molar-refractivity contribution >= 4 is 5.97 Å². The van der Waals surface area contributed by atoms with E-state index in [0.717, 1.165) is 68.2 Å². The molecule has 2 unspecified atom stereocenters. The number of aliphatic hydroxyl groups is 1. The van der Waals surface area contributed by atoms with Gasteiger partial charge in [-0.2, -0.15) is 0 Å². The lowest BCUT2D eigenvalue weighted by atomic mass is 9.80. The summed E-state index contributed by atoms with van der Waals surface area (Å²) in [7, 11) is 2.26. The van der Waals surface area contributed by atoms with Crippen molar-refractivity contribution in [3.63, 3.8) is 0 Å². The highest BCUT2D eigenvalue weighted by molar-refractivity contribution is 5.81. The first kappa shape index (κ1) is 22.0. The molecule has 1 aromatic heterocycles. The van der Waals surface area contributed by atoms with Crippen molar-refractivity contribution in [1.29, 1.82) is 0 Å². The number of quaternary nitrogens is 1. The molecule has 1 aliphatic heterocycles. The Morgan fingerprint density at radius 1 is 1.10 bits per heavy atom. The summed E-state index contributed by atoms with van der Waals surface area (Å²) >= 11 is 0. The summed E-state index contributed by atoms with van der Waals surface area (Å²) < 4.78 is 6.77. The molecule has 1 aliphatic carbocycles. The molecule has 5 heteroatoms. The molecule has 2 aliphatic rings. The molecule has 2 heterocycles. The number of aromatic nitrogens is 1. The fraction of sp³-hybridized carbons (Fsp3) is 0.538. The fourth-order valence-corrected chi connectivity index (χ4v) is 5.49. The van der Waals surface area contributed by atoms with Crippen LogP contribution in [0.1, 0.15) is 49.8 Å². The minimum absolute atomic E-state index is 0.0731. The highest BCUT2D eigenvalue weighted by Crippen LogP contribution is 2.41. The van der Waals surface area contributed by atoms with Gasteiger partial charge in [0.15, 0.2) is 5.60 Å². The number of rotatable bonds is 8. The van der Waals surface area contributed by atoms with E-state index in [1.807, 2.05) is 48.7 Å². The Kier molecular flexibility index (Phi) is 6.73. The van der Waals surface area contributed by atoms with Crippen molar-refractivity contribution in [2.75, 3.05) is 26.7 Å². The predicted octanol–water partition coefficient (Wildman–Crippen LogP) is 3.85. The van der Waals surface area contributed by atoms with Crippen molar-refractivity contribution in [1.82, 2.24) is 4.98 Å². The molecule has 1 saturated heterocycles. The van der Waals surface area contributed by atoms with Gasteiger partial charge in [-0.1, -0.05) is 49.2 Å². The number of hydrogen-bond donors (Lipinski definition) is 1. The first-order valence-electron chi connectivity index (χ1n) is 11.7. The van der Waals surface area contributed by atoms with Gasteiger partial charge in [-0.3, -0.25) is 4.98 Å². The van der Waals surface area contributed by atoms with E-state index in [1.165, 1.54) is 0 Å². The van der Waals surface area contributed by atoms with Gasteiger partial charge in [0.2, 0.25) is 0 Å². The van der Waals surface area contributed by atoms with E-state index in [0.29, 0.717) is 12.2 Å². The molecule has 1 N–H and O–H groups in total. The molecule has 5 nitrogen and oxygen atoms in total. The molecule has 0 amide bonds. The summed E-state index contributed by atoms with van der Waals surface area (Å²) in [6.45, 7) is 2.42. The van der Waals surface area contributed by atoms with Gasteiger partial charge in [0.05, 0.1) is 20.1 Å². The lowest BCUT2D eigenvalue weighted by molar-refractivity contribution is -0.921. The zero-order valence-corrected chi connectivity index (χ0v) is 18.6. The minimum atomic E-state index is -1.55. The van der Waals surface area contributed by atoms with Crippen molar-refractivity contribution < 1.29 is 19.1 Å². The zero-order chi connectivity index (χ0) is 21.7. The lowest BCUT2D eigenvalue weighted by Gasteiger charge is -2.37. The average molecular weight is 424 g/mol. The van der Waals surface area contributed by atoms with Crippen LogP contribution < -0.4 is 0 Å². The highest BCUT2D eigenvalue weighted by atomic mass is 16.6. The van der Waals surface area contributed by atoms with Crippen LogP contribution >= 0.6 is 0 Å². The number of likely N-dealkylation sites (N-methyl/N-ethyl adjacent to an activating group) is 1. The Morgan fingerprint density at radius 3 is 2.55 bits per heavy atom. The highest BCUT2D eigenvalue weighted by Gasteiger charge is 2.48. The van der Waals surface area contributed by atoms with Gasteiger partial charge in [-0.05, 0) is 30.5 Å². The molecule has 0 spiro atoms. The lowest BCUT2D eigenvalue weighted by Crippen LogP contribution is -2.52. The van der Waals surface area contributed by atoms with Crippen molar-refractivity contribution in [2.45, 2.75) is 56.6 Å². The number of likely N-dealkylation sites (tertiary alicyclic amines) is 1. The Labute approximate surface area is 185 Å². The number of benzene rings is 1. The molecule has 3 atom stereocenters. The Hall–Kier alpha value is -2.24. The molecule has 1 aromatic carbocycles. The van der Waals surface area contributed by atoms with Crippen molar-refractivity contribution in [3.05, 3.63) is 66.0 Å². The third kappa shape index (κ3) is 4.68. The average Bonchev–Trinajstić information content (AvgIpc) is 3.48. The molecule has 166 valence electrons. The van der Waals surface area contributed by atoms with Crippen molar-refractivity contribution in [2.24, 2.45) is 5.92 Å². The molecule has 4 rings (SSSR count). The Bertz CT molecular complexity index is 853. The normalized spacial score (nSPS) is 25.9. The summed E-state index contributed by atoms with van der Waals surface area (Å²) in [5.41, 5.74) is 0.211. The number of ether oxygens (including phenoxy) is 1. The maximum absolute atomic E-state index is 13.3. The minimum Gasteiger partial charge on any atom is -0.457 e. The molecule has 2 aromatic rings. The summed E-state index contributed by atoms with van der Waals surface area (Å²) in [5, 5.41) is 11.6. The summed E-state index contributed by atoms with van der Waals surface area (Å²) in [6.07, 6.45) is 8.76. The van der Waals surface area contributed by atoms with E-state index < -0.39 is 11.6 Å². The predicted molar refractivity (Wildman–Crippen MR) is 120 cm³/mol. The maximum atomic E-state index is 13.3. The molecular weight excluding hydrogens is 388 g/mol. The van der Waals surface area contributed by atoms with Gasteiger partial charge < -0.3 is 14.3 Å². The van der Waals surface area contributed by atoms with E-state index in [1.54, 1.807) is 0 Å². The largest absolute Gasteiger partial charge is 0.457 e. The standard InChI is InChI=1S/C26H35N2O3/c1-28(19-16-23-14-7-8-17-27-23)18-9-15-24(28)20-31-25(29)26(30,22-12-5-6-13-22)21-10-3-2-4-11-21/h2-4,7-8,10-11,14,17,22,24,30H,5-6,9,12-13,15-16,18-20H2,1H3/q+1/t24?,26?,28-/m1/s1. The first-order chi connectivity index (χ1) is 15.0. The van der Waals surface area contributed by atoms with E-state index in [2.05, 4.69) is 18.1 Å². The van der Waals surface area contributed by atoms with Crippen LogP contribution in [0.2, 0.25) is 0 Å². The number of hydrogen-bond acceptors (Lipinski definition) is 4. The topological polar surface area (TPSA) is 59.4 Å². The van der Waals surface area contributed by atoms with Crippen LogP contribution in [0.4, 0.5) is 0 Å². The molecule has 2 fully saturated rings. The van der Waals surface area contributed by atoms with E-state index in [-0.39, 0.29) is 12.0 Å². The van der Waals surface area contributed by atoms with Crippen LogP contribution in [0, 0.1) is 5.92 Å². The van der Waals surface area contributed by atoms with Gasteiger partial charge in [0, 0.05) is 37.1 Å². The van der Waals surface area contributed by atoms with Gasteiger partial charge in [-0.15, -0.1) is 0 Å². The van der Waals surface area contributed by atoms with Crippen LogP contribution in [-0.4, -0.2) is 53.3 Å². The Morgan fingerprint density at radius 2 is 1.84 bits per heavy atom. The van der Waals surface area contributed by atoms with Crippen LogP contribution in [0.5, 0.6) is 0 Å². The van der Waals surface area contributed by atoms with Gasteiger partial charge in [-0.25, -0.2) is 4.79 Å². The smallest absolute Gasteiger partial charge is 0.343 e. The van der Waals surface area contributed by atoms with E-state index in [9.17, 15) is 9.90 Å². The van der Waals surface area contributed by atoms with Gasteiger partial charge in [0.1, 0.15) is 12.6 Å². The van der Waals surface area contributed by atoms with Crippen LogP contribution in [0.25, 0.3) is 0 Å². The monoisotopic (exact) mass is 423 g/mol. The number of carbonyl (C=O) groups excluding carboxylic acids is 1. The SMILES string of the molecule is C[N@+]1(CCc2ccccn2)CCCC1COC(=O)C(O)(c1ccccc1)C1CCCC1. The molecule has 1 saturated carbocycles. The quantitative estimate of drug-likeness (QED) is 0.517. The van der Waals surface area contributed by atoms with Crippen LogP contribution in [0.3, 0.4) is 0 Å². The van der Waals surface area contributed by atoms with E-state index >= 15 is 0 Å². The summed E-state index contributed by atoms with van der Waals surface area (Å²) in [4.78, 5) is 17.8. The number of esters is 1. The molecule has 0 radical (unpaired) electrons. The third-order valence-corrected chi connectivity index (χ3v) is 7.57. The van der Waals surface area contributed by atoms with Gasteiger partial charge in [0.25, 0.3) is 0 Å². The van der Waals surface area contributed by atoms with Crippen molar-refractivity contribution in [3.8, 4) is 0 Å².